The minimum Gasteiger partial charge on any atom is -0.306 e. The maximum atomic E-state index is 8.82. The second-order valence-corrected chi connectivity index (χ2v) is 7.11. The van der Waals surface area contributed by atoms with Crippen molar-refractivity contribution in [2.75, 3.05) is 0 Å². The van der Waals surface area contributed by atoms with Gasteiger partial charge in [0.1, 0.15) is 0 Å². The highest BCUT2D eigenvalue weighted by Gasteiger charge is 2.23. The van der Waals surface area contributed by atoms with Gasteiger partial charge in [-0.05, 0) is 20.3 Å². The molecule has 1 aromatic heterocycles. The predicted octanol–water partition coefficient (Wildman–Crippen LogP) is 4.09. The Morgan fingerprint density at radius 2 is 2.05 bits per heavy atom. The van der Waals surface area contributed by atoms with Crippen LogP contribution in [0.15, 0.2) is 0 Å². The van der Waals surface area contributed by atoms with Gasteiger partial charge in [0.05, 0.1) is 23.2 Å². The standard InChI is InChI=1S/C15H25N3S/c1-7-12(8-9-16)17-10(2)13-11(3)18-14(19-13)15(4,5)6/h10,12,17H,7-8H2,1-6H3. The fourth-order valence-corrected chi connectivity index (χ4v) is 3.13. The molecule has 0 saturated carbocycles. The van der Waals surface area contributed by atoms with Crippen LogP contribution in [-0.4, -0.2) is 11.0 Å². The Labute approximate surface area is 121 Å². The van der Waals surface area contributed by atoms with E-state index in [0.717, 1.165) is 12.1 Å². The van der Waals surface area contributed by atoms with Crippen molar-refractivity contribution in [2.45, 2.75) is 71.9 Å². The van der Waals surface area contributed by atoms with E-state index in [9.17, 15) is 0 Å². The summed E-state index contributed by atoms with van der Waals surface area (Å²) in [6, 6.07) is 2.76. The average molecular weight is 279 g/mol. The summed E-state index contributed by atoms with van der Waals surface area (Å²) in [5.41, 5.74) is 1.21. The molecule has 1 aromatic rings. The highest BCUT2D eigenvalue weighted by Crippen LogP contribution is 2.32. The van der Waals surface area contributed by atoms with Gasteiger partial charge >= 0.3 is 0 Å². The van der Waals surface area contributed by atoms with Gasteiger partial charge in [-0.1, -0.05) is 27.7 Å². The minimum atomic E-state index is 0.101. The van der Waals surface area contributed by atoms with E-state index in [1.165, 1.54) is 9.88 Å². The van der Waals surface area contributed by atoms with Crippen molar-refractivity contribution in [3.05, 3.63) is 15.6 Å². The van der Waals surface area contributed by atoms with Crippen molar-refractivity contribution in [1.82, 2.24) is 10.3 Å². The summed E-state index contributed by atoms with van der Waals surface area (Å²) in [5, 5.41) is 13.5. The molecule has 1 rings (SSSR count). The number of thiazole rings is 1. The molecule has 2 atom stereocenters. The molecule has 0 bridgehead atoms. The summed E-state index contributed by atoms with van der Waals surface area (Å²) in [6.45, 7) is 12.9. The number of aromatic nitrogens is 1. The van der Waals surface area contributed by atoms with E-state index in [1.807, 2.05) is 0 Å². The Morgan fingerprint density at radius 1 is 1.42 bits per heavy atom. The van der Waals surface area contributed by atoms with Crippen LogP contribution < -0.4 is 5.32 Å². The topological polar surface area (TPSA) is 48.7 Å². The quantitative estimate of drug-likeness (QED) is 0.883. The fourth-order valence-electron chi connectivity index (χ4n) is 1.99. The van der Waals surface area contributed by atoms with E-state index in [4.69, 9.17) is 10.2 Å². The van der Waals surface area contributed by atoms with Crippen molar-refractivity contribution in [3.8, 4) is 6.07 Å². The predicted molar refractivity (Wildman–Crippen MR) is 81.4 cm³/mol. The fraction of sp³-hybridized carbons (Fsp3) is 0.733. The van der Waals surface area contributed by atoms with Crippen LogP contribution in [0.2, 0.25) is 0 Å². The number of nitrogens with zero attached hydrogens (tertiary/aromatic N) is 2. The van der Waals surface area contributed by atoms with Gasteiger partial charge in [-0.25, -0.2) is 4.98 Å². The van der Waals surface area contributed by atoms with Crippen LogP contribution >= 0.6 is 11.3 Å². The monoisotopic (exact) mass is 279 g/mol. The van der Waals surface area contributed by atoms with Crippen LogP contribution in [0.25, 0.3) is 0 Å². The first-order valence-corrected chi connectivity index (χ1v) is 7.72. The third-order valence-electron chi connectivity index (χ3n) is 3.18. The van der Waals surface area contributed by atoms with Crippen molar-refractivity contribution >= 4 is 11.3 Å². The summed E-state index contributed by atoms with van der Waals surface area (Å²) in [5.74, 6) is 0. The van der Waals surface area contributed by atoms with Crippen LogP contribution in [0.3, 0.4) is 0 Å². The van der Waals surface area contributed by atoms with Gasteiger partial charge in [0, 0.05) is 22.4 Å². The molecule has 19 heavy (non-hydrogen) atoms. The number of rotatable bonds is 5. The van der Waals surface area contributed by atoms with Gasteiger partial charge in [-0.3, -0.25) is 0 Å². The van der Waals surface area contributed by atoms with E-state index in [-0.39, 0.29) is 17.5 Å². The largest absolute Gasteiger partial charge is 0.306 e. The van der Waals surface area contributed by atoms with Crippen LogP contribution in [0, 0.1) is 18.3 Å². The van der Waals surface area contributed by atoms with E-state index in [1.54, 1.807) is 11.3 Å². The normalized spacial score (nSPS) is 15.0. The maximum absolute atomic E-state index is 8.82. The van der Waals surface area contributed by atoms with Crippen molar-refractivity contribution in [3.63, 3.8) is 0 Å². The van der Waals surface area contributed by atoms with Gasteiger partial charge in [0.2, 0.25) is 0 Å². The highest BCUT2D eigenvalue weighted by atomic mass is 32.1. The van der Waals surface area contributed by atoms with E-state index >= 15 is 0 Å². The summed E-state index contributed by atoms with van der Waals surface area (Å²) < 4.78 is 0. The molecule has 0 aliphatic rings. The lowest BCUT2D eigenvalue weighted by molar-refractivity contribution is 0.450. The van der Waals surface area contributed by atoms with Gasteiger partial charge in [-0.15, -0.1) is 11.3 Å². The molecule has 1 heterocycles. The molecule has 0 amide bonds. The first-order valence-electron chi connectivity index (χ1n) is 6.90. The van der Waals surface area contributed by atoms with Gasteiger partial charge < -0.3 is 5.32 Å². The van der Waals surface area contributed by atoms with Gasteiger partial charge in [-0.2, -0.15) is 5.26 Å². The second kappa shape index (κ2) is 6.49. The summed E-state index contributed by atoms with van der Waals surface area (Å²) in [6.07, 6.45) is 1.53. The minimum absolute atomic E-state index is 0.101. The maximum Gasteiger partial charge on any atom is 0.0985 e. The number of aryl methyl sites for hydroxylation is 1. The first-order chi connectivity index (χ1) is 8.79. The molecular weight excluding hydrogens is 254 g/mol. The van der Waals surface area contributed by atoms with E-state index in [2.05, 4.69) is 52.9 Å². The highest BCUT2D eigenvalue weighted by molar-refractivity contribution is 7.12. The Balaban J connectivity index is 2.85. The lowest BCUT2D eigenvalue weighted by Gasteiger charge is -2.19. The Bertz CT molecular complexity index is 451. The zero-order valence-electron chi connectivity index (χ0n) is 12.9. The van der Waals surface area contributed by atoms with E-state index in [0.29, 0.717) is 6.42 Å². The number of hydrogen-bond acceptors (Lipinski definition) is 4. The van der Waals surface area contributed by atoms with Crippen molar-refractivity contribution in [2.24, 2.45) is 0 Å². The Kier molecular flexibility index (Phi) is 5.51. The Morgan fingerprint density at radius 3 is 2.47 bits per heavy atom. The summed E-state index contributed by atoms with van der Waals surface area (Å²) in [4.78, 5) is 5.99. The van der Waals surface area contributed by atoms with Crippen LogP contribution in [0.5, 0.6) is 0 Å². The molecule has 0 aliphatic carbocycles. The molecular formula is C15H25N3S. The third kappa shape index (κ3) is 4.29. The first kappa shape index (κ1) is 16.1. The van der Waals surface area contributed by atoms with Gasteiger partial charge in [0.15, 0.2) is 0 Å². The summed E-state index contributed by atoms with van der Waals surface area (Å²) >= 11 is 1.79. The zero-order valence-corrected chi connectivity index (χ0v) is 13.7. The number of nitriles is 1. The second-order valence-electron chi connectivity index (χ2n) is 6.07. The molecule has 1 N–H and O–H groups in total. The SMILES string of the molecule is CCC(CC#N)NC(C)c1sc(C(C)(C)C)nc1C. The Hall–Kier alpha value is -0.920. The lowest BCUT2D eigenvalue weighted by Crippen LogP contribution is -2.30. The number of nitrogens with one attached hydrogen (secondary N) is 1. The lowest BCUT2D eigenvalue weighted by atomic mass is 9.98. The molecule has 0 aliphatic heterocycles. The molecule has 2 unspecified atom stereocenters. The van der Waals surface area contributed by atoms with Crippen LogP contribution in [0.4, 0.5) is 0 Å². The number of hydrogen-bond donors (Lipinski definition) is 1. The molecule has 0 radical (unpaired) electrons. The van der Waals surface area contributed by atoms with E-state index < -0.39 is 0 Å². The molecule has 0 spiro atoms. The molecule has 0 saturated heterocycles. The molecule has 106 valence electrons. The van der Waals surface area contributed by atoms with Crippen molar-refractivity contribution in [1.29, 1.82) is 5.26 Å². The summed E-state index contributed by atoms with van der Waals surface area (Å²) in [7, 11) is 0. The zero-order chi connectivity index (χ0) is 14.6. The molecule has 0 fully saturated rings. The molecule has 3 nitrogen and oxygen atoms in total. The van der Waals surface area contributed by atoms with Gasteiger partial charge in [0.25, 0.3) is 0 Å². The average Bonchev–Trinajstić information content (AvgIpc) is 2.70. The van der Waals surface area contributed by atoms with Crippen LogP contribution in [-0.2, 0) is 5.41 Å². The molecule has 0 aromatic carbocycles. The van der Waals surface area contributed by atoms with Crippen LogP contribution in [0.1, 0.15) is 69.1 Å². The molecule has 4 heteroatoms. The smallest absolute Gasteiger partial charge is 0.0985 e. The third-order valence-corrected chi connectivity index (χ3v) is 4.95. The van der Waals surface area contributed by atoms with Crippen molar-refractivity contribution < 1.29 is 0 Å².